The van der Waals surface area contributed by atoms with Gasteiger partial charge in [0.25, 0.3) is 0 Å². The molecule has 0 bridgehead atoms. The van der Waals surface area contributed by atoms with Crippen molar-refractivity contribution in [1.29, 1.82) is 0 Å². The number of hydrogen-bond donors (Lipinski definition) is 1. The van der Waals surface area contributed by atoms with Crippen LogP contribution in [-0.2, 0) is 6.42 Å². The second-order valence-electron chi connectivity index (χ2n) is 3.48. The summed E-state index contributed by atoms with van der Waals surface area (Å²) in [6.07, 6.45) is 2.25. The highest BCUT2D eigenvalue weighted by atomic mass is 79.9. The summed E-state index contributed by atoms with van der Waals surface area (Å²) in [7, 11) is 0. The number of benzene rings is 1. The second-order valence-corrected chi connectivity index (χ2v) is 4.75. The van der Waals surface area contributed by atoms with Crippen LogP contribution in [0.25, 0.3) is 0 Å². The lowest BCUT2D eigenvalue weighted by molar-refractivity contribution is 1.05. The Hall–Kier alpha value is -1.13. The van der Waals surface area contributed by atoms with Crippen molar-refractivity contribution >= 4 is 39.0 Å². The monoisotopic (exact) mass is 311 g/mol. The summed E-state index contributed by atoms with van der Waals surface area (Å²) in [4.78, 5) is 8.19. The molecule has 3 nitrogen and oxygen atoms in total. The molecule has 0 fully saturated rings. The Morgan fingerprint density at radius 3 is 2.88 bits per heavy atom. The zero-order chi connectivity index (χ0) is 12.3. The third-order valence-corrected chi connectivity index (χ3v) is 3.15. The van der Waals surface area contributed by atoms with Gasteiger partial charge in [-0.2, -0.15) is 0 Å². The highest BCUT2D eigenvalue weighted by Gasteiger charge is 2.07. The van der Waals surface area contributed by atoms with E-state index in [2.05, 4.69) is 31.2 Å². The maximum absolute atomic E-state index is 6.03. The minimum absolute atomic E-state index is 0.500. The van der Waals surface area contributed by atoms with Crippen LogP contribution in [0.5, 0.6) is 0 Å². The molecular weight excluding hydrogens is 302 g/mol. The molecule has 2 aromatic rings. The van der Waals surface area contributed by atoms with Crippen molar-refractivity contribution in [3.05, 3.63) is 45.8 Å². The zero-order valence-corrected chi connectivity index (χ0v) is 11.6. The molecule has 0 aliphatic rings. The quantitative estimate of drug-likeness (QED) is 0.863. The van der Waals surface area contributed by atoms with Crippen molar-refractivity contribution in [3.8, 4) is 0 Å². The summed E-state index contributed by atoms with van der Waals surface area (Å²) >= 11 is 9.45. The van der Waals surface area contributed by atoms with Crippen LogP contribution in [0.1, 0.15) is 12.5 Å². The average molecular weight is 313 g/mol. The normalized spacial score (nSPS) is 10.3. The van der Waals surface area contributed by atoms with Crippen LogP contribution in [0.4, 0.5) is 11.5 Å². The van der Waals surface area contributed by atoms with Crippen LogP contribution in [0, 0.1) is 0 Å². The van der Waals surface area contributed by atoms with Crippen molar-refractivity contribution in [3.63, 3.8) is 0 Å². The summed E-state index contributed by atoms with van der Waals surface area (Å²) in [5.41, 5.74) is 1.89. The zero-order valence-electron chi connectivity index (χ0n) is 9.24. The van der Waals surface area contributed by atoms with Crippen LogP contribution in [0.15, 0.2) is 35.1 Å². The van der Waals surface area contributed by atoms with Gasteiger partial charge in [0.2, 0.25) is 0 Å². The van der Waals surface area contributed by atoms with Crippen molar-refractivity contribution in [2.24, 2.45) is 0 Å². The number of nitrogens with zero attached hydrogens (tertiary/aromatic N) is 2. The molecule has 0 saturated carbocycles. The maximum Gasteiger partial charge on any atom is 0.138 e. The lowest BCUT2D eigenvalue weighted by atomic mass is 10.2. The number of halogens is 2. The first kappa shape index (κ1) is 12.3. The molecule has 17 heavy (non-hydrogen) atoms. The van der Waals surface area contributed by atoms with Gasteiger partial charge < -0.3 is 5.32 Å². The van der Waals surface area contributed by atoms with Gasteiger partial charge in [0.15, 0.2) is 0 Å². The predicted octanol–water partition coefficient (Wildman–Crippen LogP) is 4.20. The first-order valence-corrected chi connectivity index (χ1v) is 6.39. The highest BCUT2D eigenvalue weighted by molar-refractivity contribution is 9.10. The molecule has 0 atom stereocenters. The molecule has 0 saturated heterocycles. The van der Waals surface area contributed by atoms with E-state index in [4.69, 9.17) is 11.6 Å². The van der Waals surface area contributed by atoms with Gasteiger partial charge in [-0.25, -0.2) is 9.97 Å². The SMILES string of the molecule is CCc1c(Cl)ncnc1Nc1cccc(Br)c1. The summed E-state index contributed by atoms with van der Waals surface area (Å²) in [6.45, 7) is 2.02. The van der Waals surface area contributed by atoms with Gasteiger partial charge in [0, 0.05) is 15.7 Å². The molecule has 88 valence electrons. The third-order valence-electron chi connectivity index (χ3n) is 2.33. The molecule has 2 rings (SSSR count). The van der Waals surface area contributed by atoms with Gasteiger partial charge in [-0.1, -0.05) is 40.5 Å². The molecule has 0 spiro atoms. The van der Waals surface area contributed by atoms with Crippen molar-refractivity contribution in [2.75, 3.05) is 5.32 Å². The minimum Gasteiger partial charge on any atom is -0.340 e. The number of nitrogens with one attached hydrogen (secondary N) is 1. The Labute approximate surface area is 113 Å². The number of rotatable bonds is 3. The van der Waals surface area contributed by atoms with E-state index in [-0.39, 0.29) is 0 Å². The first-order chi connectivity index (χ1) is 8.20. The van der Waals surface area contributed by atoms with Crippen molar-refractivity contribution in [1.82, 2.24) is 9.97 Å². The van der Waals surface area contributed by atoms with Crippen LogP contribution in [-0.4, -0.2) is 9.97 Å². The molecule has 5 heteroatoms. The molecule has 1 N–H and O–H groups in total. The number of aromatic nitrogens is 2. The van der Waals surface area contributed by atoms with Gasteiger partial charge in [-0.15, -0.1) is 0 Å². The van der Waals surface area contributed by atoms with E-state index in [1.54, 1.807) is 0 Å². The third kappa shape index (κ3) is 2.96. The van der Waals surface area contributed by atoms with E-state index >= 15 is 0 Å². The molecule has 0 radical (unpaired) electrons. The smallest absolute Gasteiger partial charge is 0.138 e. The molecule has 0 aliphatic carbocycles. The summed E-state index contributed by atoms with van der Waals surface area (Å²) < 4.78 is 1.01. The second kappa shape index (κ2) is 5.47. The van der Waals surface area contributed by atoms with Gasteiger partial charge >= 0.3 is 0 Å². The Kier molecular flexibility index (Phi) is 3.97. The van der Waals surface area contributed by atoms with E-state index in [0.29, 0.717) is 5.15 Å². The standard InChI is InChI=1S/C12H11BrClN3/c1-2-10-11(14)15-7-16-12(10)17-9-5-3-4-8(13)6-9/h3-7H,2H2,1H3,(H,15,16,17). The molecular formula is C12H11BrClN3. The van der Waals surface area contributed by atoms with Crippen LogP contribution in [0.2, 0.25) is 5.15 Å². The lowest BCUT2D eigenvalue weighted by Gasteiger charge is -2.10. The Bertz CT molecular complexity index is 531. The molecule has 0 unspecified atom stereocenters. The van der Waals surface area contributed by atoms with Crippen molar-refractivity contribution < 1.29 is 0 Å². The maximum atomic E-state index is 6.03. The van der Waals surface area contributed by atoms with Gasteiger partial charge in [0.1, 0.15) is 17.3 Å². The van der Waals surface area contributed by atoms with E-state index < -0.39 is 0 Å². The predicted molar refractivity (Wildman–Crippen MR) is 73.8 cm³/mol. The largest absolute Gasteiger partial charge is 0.340 e. The molecule has 1 heterocycles. The molecule has 0 amide bonds. The Balaban J connectivity index is 2.33. The summed E-state index contributed by atoms with van der Waals surface area (Å²) in [6, 6.07) is 7.88. The first-order valence-electron chi connectivity index (χ1n) is 5.22. The summed E-state index contributed by atoms with van der Waals surface area (Å²) in [5.74, 6) is 0.755. The number of anilines is 2. The van der Waals surface area contributed by atoms with Crippen LogP contribution >= 0.6 is 27.5 Å². The topological polar surface area (TPSA) is 37.8 Å². The van der Waals surface area contributed by atoms with E-state index in [9.17, 15) is 0 Å². The van der Waals surface area contributed by atoms with Crippen molar-refractivity contribution in [2.45, 2.75) is 13.3 Å². The van der Waals surface area contributed by atoms with E-state index in [0.717, 1.165) is 28.0 Å². The minimum atomic E-state index is 0.500. The van der Waals surface area contributed by atoms with E-state index in [1.807, 2.05) is 31.2 Å². The highest BCUT2D eigenvalue weighted by Crippen LogP contribution is 2.25. The van der Waals surface area contributed by atoms with Gasteiger partial charge in [0.05, 0.1) is 0 Å². The van der Waals surface area contributed by atoms with Gasteiger partial charge in [-0.05, 0) is 24.6 Å². The van der Waals surface area contributed by atoms with Crippen LogP contribution < -0.4 is 5.32 Å². The van der Waals surface area contributed by atoms with E-state index in [1.165, 1.54) is 6.33 Å². The van der Waals surface area contributed by atoms with Crippen LogP contribution in [0.3, 0.4) is 0 Å². The molecule has 1 aromatic carbocycles. The summed E-state index contributed by atoms with van der Waals surface area (Å²) in [5, 5.41) is 3.74. The lowest BCUT2D eigenvalue weighted by Crippen LogP contribution is -2.00. The Morgan fingerprint density at radius 2 is 2.18 bits per heavy atom. The van der Waals surface area contributed by atoms with Gasteiger partial charge in [-0.3, -0.25) is 0 Å². The Morgan fingerprint density at radius 1 is 1.35 bits per heavy atom. The fourth-order valence-corrected chi connectivity index (χ4v) is 2.18. The molecule has 1 aromatic heterocycles. The molecule has 0 aliphatic heterocycles. The fraction of sp³-hybridized carbons (Fsp3) is 0.167. The average Bonchev–Trinajstić information content (AvgIpc) is 2.29. The fourth-order valence-electron chi connectivity index (χ4n) is 1.51. The number of hydrogen-bond acceptors (Lipinski definition) is 3.